The normalized spacial score (nSPS) is 13.2. The SMILES string of the molecule is CCCc1nn(C)c2c(=O)n(CCOc3cccc(O[C@](C)(CC)C(=O)O)c3)c(C)nc12. The van der Waals surface area contributed by atoms with E-state index in [2.05, 4.69) is 17.0 Å². The molecule has 9 nitrogen and oxygen atoms in total. The van der Waals surface area contributed by atoms with Crippen LogP contribution in [-0.2, 0) is 24.8 Å². The smallest absolute Gasteiger partial charge is 0.347 e. The lowest BCUT2D eigenvalue weighted by molar-refractivity contribution is -0.154. The first kappa shape index (κ1) is 23.3. The molecule has 0 saturated carbocycles. The Morgan fingerprint density at radius 1 is 1.25 bits per heavy atom. The van der Waals surface area contributed by atoms with E-state index in [0.29, 0.717) is 41.3 Å². The van der Waals surface area contributed by atoms with Gasteiger partial charge in [0.05, 0.1) is 12.2 Å². The van der Waals surface area contributed by atoms with E-state index in [4.69, 9.17) is 9.47 Å². The van der Waals surface area contributed by atoms with E-state index in [1.807, 2.05) is 0 Å². The molecule has 9 heteroatoms. The van der Waals surface area contributed by atoms with Crippen molar-refractivity contribution in [2.24, 2.45) is 7.05 Å². The third-order valence-corrected chi connectivity index (χ3v) is 5.55. The van der Waals surface area contributed by atoms with Crippen molar-refractivity contribution >= 4 is 17.0 Å². The maximum atomic E-state index is 13.1. The first-order valence-corrected chi connectivity index (χ1v) is 10.8. The number of rotatable bonds is 10. The number of hydrogen-bond donors (Lipinski definition) is 1. The van der Waals surface area contributed by atoms with E-state index in [1.54, 1.807) is 54.4 Å². The second kappa shape index (κ2) is 9.42. The molecule has 0 amide bonds. The highest BCUT2D eigenvalue weighted by molar-refractivity contribution is 5.77. The number of benzene rings is 1. The fourth-order valence-corrected chi connectivity index (χ4v) is 3.50. The van der Waals surface area contributed by atoms with Crippen LogP contribution in [0.25, 0.3) is 11.0 Å². The minimum Gasteiger partial charge on any atom is -0.492 e. The van der Waals surface area contributed by atoms with Gasteiger partial charge in [-0.2, -0.15) is 5.10 Å². The number of carbonyl (C=O) groups is 1. The topological polar surface area (TPSA) is 108 Å². The molecule has 1 N–H and O–H groups in total. The third-order valence-electron chi connectivity index (χ3n) is 5.55. The van der Waals surface area contributed by atoms with Crippen LogP contribution < -0.4 is 15.0 Å². The van der Waals surface area contributed by atoms with Crippen LogP contribution in [0.2, 0.25) is 0 Å². The van der Waals surface area contributed by atoms with Gasteiger partial charge in [-0.1, -0.05) is 26.3 Å². The van der Waals surface area contributed by atoms with E-state index in [-0.39, 0.29) is 12.2 Å². The Bertz CT molecular complexity index is 1180. The standard InChI is InChI=1S/C23H30N4O5/c1-6-9-18-19-20(26(5)25-18)21(28)27(15(3)24-19)12-13-31-16-10-8-11-17(14-16)32-23(4,7-2)22(29)30/h8,10-11,14H,6-7,9,12-13H2,1-5H3,(H,29,30)/t23-/m1/s1. The molecule has 2 aromatic heterocycles. The molecular formula is C23H30N4O5. The second-order valence-corrected chi connectivity index (χ2v) is 7.95. The molecule has 0 aliphatic heterocycles. The average Bonchev–Trinajstić information content (AvgIpc) is 3.05. The van der Waals surface area contributed by atoms with Gasteiger partial charge in [-0.15, -0.1) is 0 Å². The van der Waals surface area contributed by atoms with Crippen LogP contribution in [0.4, 0.5) is 0 Å². The van der Waals surface area contributed by atoms with Gasteiger partial charge >= 0.3 is 5.97 Å². The first-order chi connectivity index (χ1) is 15.2. The molecule has 0 bridgehead atoms. The Morgan fingerprint density at radius 3 is 2.62 bits per heavy atom. The van der Waals surface area contributed by atoms with E-state index < -0.39 is 11.6 Å². The predicted octanol–water partition coefficient (Wildman–Crippen LogP) is 3.10. The van der Waals surface area contributed by atoms with Crippen molar-refractivity contribution < 1.29 is 19.4 Å². The van der Waals surface area contributed by atoms with Crippen molar-refractivity contribution in [3.63, 3.8) is 0 Å². The van der Waals surface area contributed by atoms with Gasteiger partial charge in [0.1, 0.15) is 29.4 Å². The minimum atomic E-state index is -1.32. The molecule has 172 valence electrons. The molecule has 0 spiro atoms. The lowest BCUT2D eigenvalue weighted by atomic mass is 10.0. The van der Waals surface area contributed by atoms with Crippen LogP contribution in [0.5, 0.6) is 11.5 Å². The summed E-state index contributed by atoms with van der Waals surface area (Å²) in [7, 11) is 1.76. The van der Waals surface area contributed by atoms with Crippen LogP contribution in [0.1, 0.15) is 45.1 Å². The van der Waals surface area contributed by atoms with E-state index >= 15 is 0 Å². The summed E-state index contributed by atoms with van der Waals surface area (Å²) in [5, 5.41) is 13.9. The predicted molar refractivity (Wildman–Crippen MR) is 120 cm³/mol. The van der Waals surface area contributed by atoms with Gasteiger partial charge in [0.2, 0.25) is 5.60 Å². The maximum absolute atomic E-state index is 13.1. The molecule has 0 aliphatic carbocycles. The van der Waals surface area contributed by atoms with Crippen molar-refractivity contribution in [3.05, 3.63) is 46.1 Å². The highest BCUT2D eigenvalue weighted by Gasteiger charge is 2.33. The van der Waals surface area contributed by atoms with Gasteiger partial charge in [-0.05, 0) is 38.8 Å². The summed E-state index contributed by atoms with van der Waals surface area (Å²) in [4.78, 5) is 29.2. The average molecular weight is 443 g/mol. The molecule has 3 aromatic rings. The van der Waals surface area contributed by atoms with Crippen LogP contribution in [-0.4, -0.2) is 42.6 Å². The summed E-state index contributed by atoms with van der Waals surface area (Å²) in [6, 6.07) is 6.82. The minimum absolute atomic E-state index is 0.147. The van der Waals surface area contributed by atoms with Gasteiger partial charge in [0.25, 0.3) is 5.56 Å². The Balaban J connectivity index is 1.75. The van der Waals surface area contributed by atoms with Crippen LogP contribution in [0.15, 0.2) is 29.1 Å². The van der Waals surface area contributed by atoms with Crippen molar-refractivity contribution in [3.8, 4) is 11.5 Å². The number of carboxylic acid groups (broad SMARTS) is 1. The van der Waals surface area contributed by atoms with Crippen LogP contribution >= 0.6 is 0 Å². The summed E-state index contributed by atoms with van der Waals surface area (Å²) in [6.07, 6.45) is 2.02. The number of carboxylic acids is 1. The molecule has 1 aromatic carbocycles. The Labute approximate surface area is 186 Å². The first-order valence-electron chi connectivity index (χ1n) is 10.8. The Morgan fingerprint density at radius 2 is 1.97 bits per heavy atom. The quantitative estimate of drug-likeness (QED) is 0.514. The summed E-state index contributed by atoms with van der Waals surface area (Å²) in [5.41, 5.74) is 0.527. The zero-order valence-electron chi connectivity index (χ0n) is 19.2. The van der Waals surface area contributed by atoms with Gasteiger partial charge in [-0.25, -0.2) is 9.78 Å². The molecule has 32 heavy (non-hydrogen) atoms. The van der Waals surface area contributed by atoms with Crippen LogP contribution in [0.3, 0.4) is 0 Å². The fourth-order valence-electron chi connectivity index (χ4n) is 3.50. The monoisotopic (exact) mass is 442 g/mol. The molecule has 0 saturated heterocycles. The molecule has 0 aliphatic rings. The molecule has 3 rings (SSSR count). The molecule has 2 heterocycles. The van der Waals surface area contributed by atoms with Gasteiger partial charge in [-0.3, -0.25) is 14.0 Å². The zero-order valence-corrected chi connectivity index (χ0v) is 19.2. The Kier molecular flexibility index (Phi) is 6.86. The third kappa shape index (κ3) is 4.61. The van der Waals surface area contributed by atoms with Gasteiger partial charge < -0.3 is 14.6 Å². The maximum Gasteiger partial charge on any atom is 0.347 e. The van der Waals surface area contributed by atoms with Crippen molar-refractivity contribution in [2.75, 3.05) is 6.61 Å². The molecule has 0 radical (unpaired) electrons. The molecule has 0 fully saturated rings. The lowest BCUT2D eigenvalue weighted by Crippen LogP contribution is -2.40. The highest BCUT2D eigenvalue weighted by Crippen LogP contribution is 2.25. The van der Waals surface area contributed by atoms with Gasteiger partial charge in [0, 0.05) is 13.1 Å². The molecule has 1 atom stereocenters. The molecular weight excluding hydrogens is 412 g/mol. The highest BCUT2D eigenvalue weighted by atomic mass is 16.5. The number of aliphatic carboxylic acids is 1. The molecule has 0 unspecified atom stereocenters. The number of fused-ring (bicyclic) bond motifs is 1. The summed E-state index contributed by atoms with van der Waals surface area (Å²) in [5.74, 6) is 0.510. The largest absolute Gasteiger partial charge is 0.492 e. The summed E-state index contributed by atoms with van der Waals surface area (Å²) in [6.45, 7) is 7.71. The van der Waals surface area contributed by atoms with E-state index in [9.17, 15) is 14.7 Å². The number of ether oxygens (including phenoxy) is 2. The van der Waals surface area contributed by atoms with E-state index in [0.717, 1.165) is 18.5 Å². The lowest BCUT2D eigenvalue weighted by Gasteiger charge is -2.25. The van der Waals surface area contributed by atoms with E-state index in [1.165, 1.54) is 6.92 Å². The summed E-state index contributed by atoms with van der Waals surface area (Å²) >= 11 is 0. The number of nitrogens with zero attached hydrogens (tertiary/aromatic N) is 4. The van der Waals surface area contributed by atoms with Crippen LogP contribution in [0, 0.1) is 6.92 Å². The zero-order chi connectivity index (χ0) is 23.5. The van der Waals surface area contributed by atoms with Gasteiger partial charge in [0.15, 0.2) is 5.52 Å². The number of aromatic nitrogens is 4. The van der Waals surface area contributed by atoms with Crippen molar-refractivity contribution in [1.29, 1.82) is 0 Å². The number of hydrogen-bond acceptors (Lipinski definition) is 6. The summed E-state index contributed by atoms with van der Waals surface area (Å²) < 4.78 is 14.7. The van der Waals surface area contributed by atoms with Crippen molar-refractivity contribution in [2.45, 2.75) is 59.1 Å². The second-order valence-electron chi connectivity index (χ2n) is 7.95. The van der Waals surface area contributed by atoms with Crippen molar-refractivity contribution in [1.82, 2.24) is 19.3 Å². The fraction of sp³-hybridized carbons (Fsp3) is 0.478. The Hall–Kier alpha value is -3.36. The number of aryl methyl sites for hydroxylation is 3.